The Hall–Kier alpha value is -3.26. The third kappa shape index (κ3) is 5.42. The smallest absolute Gasteiger partial charge is 0.279 e. The van der Waals surface area contributed by atoms with Crippen LogP contribution >= 0.6 is 0 Å². The molecule has 1 saturated heterocycles. The highest BCUT2D eigenvalue weighted by Gasteiger charge is 2.24. The fourth-order valence-electron chi connectivity index (χ4n) is 3.64. The van der Waals surface area contributed by atoms with Crippen LogP contribution in [0.4, 0.5) is 17.1 Å². The van der Waals surface area contributed by atoms with Crippen molar-refractivity contribution in [1.82, 2.24) is 0 Å². The minimum Gasteiger partial charge on any atom is -0.495 e. The number of piperazine rings is 1. The highest BCUT2D eigenvalue weighted by molar-refractivity contribution is 5.95. The van der Waals surface area contributed by atoms with Gasteiger partial charge in [-0.1, -0.05) is 12.1 Å². The summed E-state index contributed by atoms with van der Waals surface area (Å²) in [4.78, 5) is 27.4. The number of benzene rings is 2. The van der Waals surface area contributed by atoms with E-state index < -0.39 is 0 Å². The van der Waals surface area contributed by atoms with E-state index in [1.54, 1.807) is 32.4 Å². The minimum absolute atomic E-state index is 0.0889. The van der Waals surface area contributed by atoms with Gasteiger partial charge in [0.1, 0.15) is 11.5 Å². The molecule has 1 aliphatic rings. The number of amides is 2. The largest absolute Gasteiger partial charge is 0.495 e. The summed E-state index contributed by atoms with van der Waals surface area (Å²) in [5.41, 5.74) is 2.24. The fourth-order valence-corrected chi connectivity index (χ4v) is 3.64. The molecule has 3 rings (SSSR count). The maximum atomic E-state index is 12.6. The molecule has 0 saturated carbocycles. The first-order valence-electron chi connectivity index (χ1n) is 9.97. The first-order chi connectivity index (χ1) is 14.5. The SMILES string of the molecule is COc1ccc(NC(C)=O)cc1NC(=O)C[NH+]1CCN(c2ccccc2OC)CC1. The van der Waals surface area contributed by atoms with Crippen molar-refractivity contribution >= 4 is 28.9 Å². The Bertz CT molecular complexity index is 894. The molecule has 2 amide bonds. The van der Waals surface area contributed by atoms with Crippen molar-refractivity contribution in [3.05, 3.63) is 42.5 Å². The number of hydrogen-bond acceptors (Lipinski definition) is 5. The second-order valence-electron chi connectivity index (χ2n) is 7.23. The second-order valence-corrected chi connectivity index (χ2v) is 7.23. The normalized spacial score (nSPS) is 14.2. The number of rotatable bonds is 7. The Balaban J connectivity index is 1.57. The van der Waals surface area contributed by atoms with E-state index >= 15 is 0 Å². The lowest BCUT2D eigenvalue weighted by molar-refractivity contribution is -0.892. The average Bonchev–Trinajstić information content (AvgIpc) is 2.74. The number of nitrogens with zero attached hydrogens (tertiary/aromatic N) is 1. The van der Waals surface area contributed by atoms with E-state index in [4.69, 9.17) is 9.47 Å². The molecule has 0 spiro atoms. The van der Waals surface area contributed by atoms with Crippen LogP contribution in [0.3, 0.4) is 0 Å². The molecule has 0 radical (unpaired) electrons. The molecular formula is C22H29N4O4+. The van der Waals surface area contributed by atoms with E-state index in [0.29, 0.717) is 23.7 Å². The summed E-state index contributed by atoms with van der Waals surface area (Å²) >= 11 is 0. The van der Waals surface area contributed by atoms with Gasteiger partial charge in [0.25, 0.3) is 5.91 Å². The quantitative estimate of drug-likeness (QED) is 0.631. The molecule has 1 heterocycles. The standard InChI is InChI=1S/C22H28N4O4/c1-16(27)23-17-8-9-20(29-2)18(14-17)24-22(28)15-25-10-12-26(13-11-25)19-6-4-5-7-21(19)30-3/h4-9,14H,10-13,15H2,1-3H3,(H,23,27)(H,24,28)/p+1. The number of para-hydroxylation sites is 2. The van der Waals surface area contributed by atoms with Crippen LogP contribution in [0.5, 0.6) is 11.5 Å². The van der Waals surface area contributed by atoms with E-state index in [2.05, 4.69) is 21.6 Å². The number of carbonyl (C=O) groups excluding carboxylic acids is 2. The zero-order valence-electron chi connectivity index (χ0n) is 17.7. The zero-order chi connectivity index (χ0) is 21.5. The van der Waals surface area contributed by atoms with Crippen LogP contribution in [0, 0.1) is 0 Å². The topological polar surface area (TPSA) is 84.3 Å². The lowest BCUT2D eigenvalue weighted by Gasteiger charge is -2.34. The lowest BCUT2D eigenvalue weighted by atomic mass is 10.2. The molecule has 0 unspecified atom stereocenters. The molecule has 30 heavy (non-hydrogen) atoms. The van der Waals surface area contributed by atoms with Crippen LogP contribution < -0.4 is 29.9 Å². The minimum atomic E-state index is -0.171. The van der Waals surface area contributed by atoms with Gasteiger partial charge in [-0.3, -0.25) is 9.59 Å². The maximum absolute atomic E-state index is 12.6. The van der Waals surface area contributed by atoms with Gasteiger partial charge in [-0.2, -0.15) is 0 Å². The molecule has 0 aliphatic carbocycles. The van der Waals surface area contributed by atoms with Crippen LogP contribution in [-0.2, 0) is 9.59 Å². The van der Waals surface area contributed by atoms with Crippen molar-refractivity contribution in [2.24, 2.45) is 0 Å². The molecule has 160 valence electrons. The van der Waals surface area contributed by atoms with Gasteiger partial charge in [0, 0.05) is 12.6 Å². The first-order valence-corrected chi connectivity index (χ1v) is 9.97. The Kier molecular flexibility index (Phi) is 7.13. The van der Waals surface area contributed by atoms with Crippen molar-refractivity contribution in [2.75, 3.05) is 62.5 Å². The van der Waals surface area contributed by atoms with Gasteiger partial charge in [-0.25, -0.2) is 0 Å². The molecule has 1 aliphatic heterocycles. The molecule has 3 N–H and O–H groups in total. The van der Waals surface area contributed by atoms with Gasteiger partial charge in [0.15, 0.2) is 6.54 Å². The number of carbonyl (C=O) groups is 2. The predicted octanol–water partition coefficient (Wildman–Crippen LogP) is 1.01. The van der Waals surface area contributed by atoms with Crippen molar-refractivity contribution in [2.45, 2.75) is 6.92 Å². The summed E-state index contributed by atoms with van der Waals surface area (Å²) in [5, 5.41) is 5.63. The van der Waals surface area contributed by atoms with Crippen LogP contribution in [0.15, 0.2) is 42.5 Å². The second kappa shape index (κ2) is 9.98. The zero-order valence-corrected chi connectivity index (χ0v) is 17.7. The average molecular weight is 413 g/mol. The summed E-state index contributed by atoms with van der Waals surface area (Å²) in [5.74, 6) is 1.15. The van der Waals surface area contributed by atoms with E-state index in [-0.39, 0.29) is 11.8 Å². The van der Waals surface area contributed by atoms with Gasteiger partial charge in [-0.05, 0) is 30.3 Å². The van der Waals surface area contributed by atoms with Crippen molar-refractivity contribution < 1.29 is 24.0 Å². The highest BCUT2D eigenvalue weighted by atomic mass is 16.5. The van der Waals surface area contributed by atoms with Crippen molar-refractivity contribution in [3.8, 4) is 11.5 Å². The molecule has 8 heteroatoms. The van der Waals surface area contributed by atoms with E-state index in [0.717, 1.165) is 37.6 Å². The van der Waals surface area contributed by atoms with Gasteiger partial charge in [0.05, 0.1) is 51.8 Å². The monoisotopic (exact) mass is 413 g/mol. The number of nitrogens with one attached hydrogen (secondary N) is 3. The first kappa shape index (κ1) is 21.4. The van der Waals surface area contributed by atoms with E-state index in [1.807, 2.05) is 18.2 Å². The van der Waals surface area contributed by atoms with E-state index in [1.165, 1.54) is 11.8 Å². The summed E-state index contributed by atoms with van der Waals surface area (Å²) in [6.07, 6.45) is 0. The van der Waals surface area contributed by atoms with Gasteiger partial charge in [0.2, 0.25) is 5.91 Å². The summed E-state index contributed by atoms with van der Waals surface area (Å²) in [6, 6.07) is 13.1. The maximum Gasteiger partial charge on any atom is 0.279 e. The molecule has 0 bridgehead atoms. The predicted molar refractivity (Wildman–Crippen MR) is 117 cm³/mol. The summed E-state index contributed by atoms with van der Waals surface area (Å²) < 4.78 is 10.8. The Morgan fingerprint density at radius 2 is 1.70 bits per heavy atom. The molecule has 0 atom stereocenters. The molecule has 1 fully saturated rings. The number of hydrogen-bond donors (Lipinski definition) is 3. The van der Waals surface area contributed by atoms with Crippen molar-refractivity contribution in [1.29, 1.82) is 0 Å². The fraction of sp³-hybridized carbons (Fsp3) is 0.364. The number of ether oxygens (including phenoxy) is 2. The Labute approximate surface area is 176 Å². The third-order valence-electron chi connectivity index (χ3n) is 5.10. The Morgan fingerprint density at radius 3 is 2.37 bits per heavy atom. The molecule has 0 aromatic heterocycles. The lowest BCUT2D eigenvalue weighted by Crippen LogP contribution is -3.15. The number of methoxy groups -OCH3 is 2. The van der Waals surface area contributed by atoms with Gasteiger partial charge in [-0.15, -0.1) is 0 Å². The number of quaternary nitrogens is 1. The number of anilines is 3. The van der Waals surface area contributed by atoms with Crippen LogP contribution in [0.1, 0.15) is 6.92 Å². The summed E-state index contributed by atoms with van der Waals surface area (Å²) in [6.45, 7) is 5.22. The highest BCUT2D eigenvalue weighted by Crippen LogP contribution is 2.28. The van der Waals surface area contributed by atoms with E-state index in [9.17, 15) is 9.59 Å². The van der Waals surface area contributed by atoms with Crippen LogP contribution in [0.2, 0.25) is 0 Å². The molecule has 8 nitrogen and oxygen atoms in total. The third-order valence-corrected chi connectivity index (χ3v) is 5.10. The molecule has 2 aromatic carbocycles. The van der Waals surface area contributed by atoms with Crippen LogP contribution in [-0.4, -0.2) is 58.8 Å². The van der Waals surface area contributed by atoms with Gasteiger partial charge >= 0.3 is 0 Å². The van der Waals surface area contributed by atoms with Crippen molar-refractivity contribution in [3.63, 3.8) is 0 Å². The molecule has 2 aromatic rings. The molecular weight excluding hydrogens is 384 g/mol. The summed E-state index contributed by atoms with van der Waals surface area (Å²) in [7, 11) is 3.23. The van der Waals surface area contributed by atoms with Gasteiger partial charge < -0.3 is 29.9 Å². The van der Waals surface area contributed by atoms with Crippen LogP contribution in [0.25, 0.3) is 0 Å². The Morgan fingerprint density at radius 1 is 1.00 bits per heavy atom.